The molecule has 0 spiro atoms. The SMILES string of the molecule is CC(=O)N1CC[C@H]2CC[C@@H](C(=O)N[C@@H](CCC(N)=O)COc3cccc(CCCC(=O)N4CCC([C@@H](C(=O)N5C[C@H](O)C[C@H]5C(=O)N[C@@H](C)c5ccc(-c6scnc6C)cc5)n5cc(C6CC6)nn5)CC4)c3Cl)N2C(=O)[C@@H](NC(=O)c2cc3cc(C(=O)P(=O)(O)O)ccc3[nH]2)C1. The van der Waals surface area contributed by atoms with E-state index in [4.69, 9.17) is 22.1 Å². The van der Waals surface area contributed by atoms with Gasteiger partial charge in [-0.25, -0.2) is 9.67 Å². The number of primary amides is 1. The van der Waals surface area contributed by atoms with Crippen molar-refractivity contribution >= 4 is 94.2 Å². The number of hydrogen-bond acceptors (Lipinski definition) is 16. The van der Waals surface area contributed by atoms with E-state index in [0.29, 0.717) is 62.7 Å². The van der Waals surface area contributed by atoms with Gasteiger partial charge >= 0.3 is 7.60 Å². The van der Waals surface area contributed by atoms with E-state index in [0.717, 1.165) is 40.2 Å². The molecule has 3 aromatic carbocycles. The van der Waals surface area contributed by atoms with Crippen LogP contribution < -0.4 is 26.4 Å². The molecule has 6 aromatic rings. The Morgan fingerprint density at radius 2 is 1.62 bits per heavy atom. The molecule has 5 aliphatic rings. The third-order valence-corrected chi connectivity index (χ3v) is 21.3. The lowest BCUT2D eigenvalue weighted by atomic mass is 9.88. The number of piperidine rings is 1. The molecule has 27 nitrogen and oxygen atoms in total. The molecule has 5 fully saturated rings. The highest BCUT2D eigenvalue weighted by Gasteiger charge is 2.48. The number of hydrogen-bond donors (Lipinski definition) is 8. The molecular weight excluding hydrogens is 1300 g/mol. The highest BCUT2D eigenvalue weighted by Crippen LogP contribution is 2.42. The largest absolute Gasteiger partial charge is 0.490 e. The highest BCUT2D eigenvalue weighted by atomic mass is 35.5. The normalized spacial score (nSPS) is 21.0. The number of β-amino-alcohol motifs (C(OH)–C–C–N with tert-alkyl or cyclic N) is 1. The molecule has 3 aromatic heterocycles. The van der Waals surface area contributed by atoms with Crippen LogP contribution in [0.2, 0.25) is 5.02 Å². The number of amides is 8. The zero-order valence-electron chi connectivity index (χ0n) is 53.4. The van der Waals surface area contributed by atoms with Crippen LogP contribution in [0.1, 0.15) is 152 Å². The zero-order valence-corrected chi connectivity index (χ0v) is 55.9. The van der Waals surface area contributed by atoms with E-state index in [1.54, 1.807) is 33.1 Å². The van der Waals surface area contributed by atoms with E-state index in [1.165, 1.54) is 45.9 Å². The zero-order chi connectivity index (χ0) is 68.3. The highest BCUT2D eigenvalue weighted by molar-refractivity contribution is 7.70. The van der Waals surface area contributed by atoms with Crippen LogP contribution in [0.3, 0.4) is 0 Å². The van der Waals surface area contributed by atoms with Gasteiger partial charge in [-0.05, 0) is 131 Å². The number of halogens is 1. The number of benzene rings is 3. The van der Waals surface area contributed by atoms with Crippen molar-refractivity contribution in [3.63, 3.8) is 0 Å². The number of likely N-dealkylation sites (tertiary alicyclic amines) is 2. The summed E-state index contributed by atoms with van der Waals surface area (Å²) in [5, 5.41) is 29.3. The second kappa shape index (κ2) is 29.5. The number of aliphatic hydroxyl groups excluding tert-OH is 1. The molecule has 11 rings (SSSR count). The van der Waals surface area contributed by atoms with Crippen molar-refractivity contribution in [3.05, 3.63) is 117 Å². The number of thiazole rings is 1. The fraction of sp³-hybridized carbons (Fsp3) is 0.485. The third kappa shape index (κ3) is 15.9. The predicted octanol–water partition coefficient (Wildman–Crippen LogP) is 5.22. The van der Waals surface area contributed by atoms with Crippen LogP contribution in [0.5, 0.6) is 5.75 Å². The molecule has 8 amide bonds. The van der Waals surface area contributed by atoms with E-state index < -0.39 is 79.1 Å². The fourth-order valence-corrected chi connectivity index (χ4v) is 15.2. The summed E-state index contributed by atoms with van der Waals surface area (Å²) in [7, 11) is -5.10. The number of nitrogens with two attached hydrogens (primary N) is 1. The number of fused-ring (bicyclic) bond motifs is 2. The molecule has 30 heteroatoms. The summed E-state index contributed by atoms with van der Waals surface area (Å²) >= 11 is 8.54. The molecule has 1 saturated carbocycles. The molecule has 9 N–H and O–H groups in total. The van der Waals surface area contributed by atoms with Crippen molar-refractivity contribution in [2.24, 2.45) is 11.7 Å². The minimum atomic E-state index is -5.10. The van der Waals surface area contributed by atoms with Gasteiger partial charge in [0.25, 0.3) is 11.4 Å². The van der Waals surface area contributed by atoms with Crippen LogP contribution in [0.15, 0.2) is 78.4 Å². The number of nitrogens with zero attached hydrogens (tertiary/aromatic N) is 8. The maximum atomic E-state index is 15.0. The van der Waals surface area contributed by atoms with Gasteiger partial charge < -0.3 is 65.9 Å². The number of ether oxygens (including phenoxy) is 1. The lowest BCUT2D eigenvalue weighted by Gasteiger charge is -2.38. The van der Waals surface area contributed by atoms with Gasteiger partial charge in [0.1, 0.15) is 42.2 Å². The molecule has 7 heterocycles. The maximum absolute atomic E-state index is 15.0. The van der Waals surface area contributed by atoms with Crippen LogP contribution in [-0.4, -0.2) is 188 Å². The van der Waals surface area contributed by atoms with Gasteiger partial charge in [0.2, 0.25) is 41.4 Å². The van der Waals surface area contributed by atoms with E-state index >= 15 is 0 Å². The first kappa shape index (κ1) is 69.0. The van der Waals surface area contributed by atoms with E-state index in [1.807, 2.05) is 55.9 Å². The predicted molar refractivity (Wildman–Crippen MR) is 352 cm³/mol. The summed E-state index contributed by atoms with van der Waals surface area (Å²) < 4.78 is 19.5. The quantitative estimate of drug-likeness (QED) is 0.0360. The van der Waals surface area contributed by atoms with Gasteiger partial charge in [-0.15, -0.1) is 16.4 Å². The topological polar surface area (TPSA) is 375 Å². The third-order valence-electron chi connectivity index (χ3n) is 19.1. The van der Waals surface area contributed by atoms with Crippen molar-refractivity contribution in [1.82, 2.24) is 60.5 Å². The second-order valence-corrected chi connectivity index (χ2v) is 28.5. The Labute approximate surface area is 562 Å². The van der Waals surface area contributed by atoms with Crippen LogP contribution in [0.4, 0.5) is 0 Å². The van der Waals surface area contributed by atoms with Crippen LogP contribution in [0, 0.1) is 12.8 Å². The minimum Gasteiger partial charge on any atom is -0.490 e. The number of carbonyl (C=O) groups is 9. The first-order valence-electron chi connectivity index (χ1n) is 32.5. The van der Waals surface area contributed by atoms with E-state index in [2.05, 4.69) is 36.2 Å². The number of nitrogens with one attached hydrogen (secondary N) is 4. The Bertz CT molecular complexity index is 3990. The van der Waals surface area contributed by atoms with E-state index in [-0.39, 0.29) is 127 Å². The number of carbonyl (C=O) groups excluding carboxylic acids is 9. The molecule has 0 radical (unpaired) electrons. The molecule has 510 valence electrons. The molecule has 4 saturated heterocycles. The number of aryl methyl sites for hydroxylation is 2. The van der Waals surface area contributed by atoms with Crippen molar-refractivity contribution in [2.75, 3.05) is 39.3 Å². The molecule has 1 aliphatic carbocycles. The number of rotatable bonds is 24. The van der Waals surface area contributed by atoms with Gasteiger partial charge in [0.05, 0.1) is 45.0 Å². The number of H-pyrrole nitrogens is 1. The summed E-state index contributed by atoms with van der Waals surface area (Å²) in [5.41, 5.74) is 10.4. The average molecular weight is 1380 g/mol. The number of aromatic amines is 1. The molecule has 0 bridgehead atoms. The summed E-state index contributed by atoms with van der Waals surface area (Å²) in [5.74, 6) is -3.35. The van der Waals surface area contributed by atoms with Gasteiger partial charge in [0.15, 0.2) is 0 Å². The van der Waals surface area contributed by atoms with Crippen molar-refractivity contribution < 1.29 is 67.3 Å². The Morgan fingerprint density at radius 3 is 2.32 bits per heavy atom. The van der Waals surface area contributed by atoms with Crippen LogP contribution in [0.25, 0.3) is 21.3 Å². The Hall–Kier alpha value is -8.40. The van der Waals surface area contributed by atoms with Gasteiger partial charge in [0, 0.05) is 93.5 Å². The smallest absolute Gasteiger partial charge is 0.396 e. The van der Waals surface area contributed by atoms with Gasteiger partial charge in [-0.1, -0.05) is 53.2 Å². The minimum absolute atomic E-state index is 0.0207. The molecule has 0 unspecified atom stereocenters. The monoisotopic (exact) mass is 1380 g/mol. The lowest BCUT2D eigenvalue weighted by Crippen LogP contribution is -2.61. The number of aliphatic hydroxyl groups is 1. The van der Waals surface area contributed by atoms with Crippen molar-refractivity contribution in [1.29, 1.82) is 0 Å². The van der Waals surface area contributed by atoms with Crippen molar-refractivity contribution in [2.45, 2.75) is 159 Å². The fourth-order valence-electron chi connectivity index (χ4n) is 13.6. The molecule has 8 atom stereocenters. The first-order chi connectivity index (χ1) is 45.9. The van der Waals surface area contributed by atoms with E-state index in [9.17, 15) is 62.6 Å². The maximum Gasteiger partial charge on any atom is 0.396 e. The van der Waals surface area contributed by atoms with Crippen molar-refractivity contribution in [3.8, 4) is 16.2 Å². The Balaban J connectivity index is 0.688. The summed E-state index contributed by atoms with van der Waals surface area (Å²) in [6, 6.07) is 12.6. The Kier molecular flexibility index (Phi) is 21.2. The summed E-state index contributed by atoms with van der Waals surface area (Å²) in [6.45, 7) is 5.79. The lowest BCUT2D eigenvalue weighted by molar-refractivity contribution is -0.145. The van der Waals surface area contributed by atoms with Crippen LogP contribution >= 0.6 is 30.5 Å². The first-order valence-corrected chi connectivity index (χ1v) is 35.3. The van der Waals surface area contributed by atoms with Gasteiger partial charge in [-0.2, -0.15) is 0 Å². The van der Waals surface area contributed by atoms with Gasteiger partial charge in [-0.3, -0.25) is 47.7 Å². The summed E-state index contributed by atoms with van der Waals surface area (Å²) in [4.78, 5) is 157. The summed E-state index contributed by atoms with van der Waals surface area (Å²) in [6.07, 6.45) is 5.90. The van der Waals surface area contributed by atoms with Crippen LogP contribution in [-0.2, 0) is 44.5 Å². The molecular formula is C66H79ClN13O14PS. The Morgan fingerprint density at radius 1 is 0.885 bits per heavy atom. The molecule has 4 aliphatic heterocycles. The molecule has 96 heavy (non-hydrogen) atoms. The second-order valence-electron chi connectivity index (χ2n) is 25.8. The average Bonchev–Trinajstić information content (AvgIpc) is 1.61. The number of aromatic nitrogens is 5. The standard InChI is InChI=1S/C66H79ClN13O14PS/c1-36(39-10-14-43(15-11-39)60-37(2)69-35-96-60)70-63(87)54-30-48(82)31-78(54)65(89)59(79-33-51(74-75-79)40-12-13-40)42-22-25-76(26-23-42)57(84)9-5-7-41-6-4-8-55(58(41)67)94-34-46(17-21-56(68)83)71-62(86)53-20-18-47-24-27-77(38(3)81)32-52(64(88)80(47)53)73-61(85)50-29-45-28-44(16-19-49(45)72-50)66(90)95(91,92)93/h4,6,8,10-11,14-16,19,28-29,33,35-36,40,42,46-48,52-54,59,72,82H,5,7,9,12-13,17-18,20-27,30-32,34H2,1-3H3,(H2,68,83)(H,70,87)(H,71,86)(H,73,85)(H2,91,92,93)/t36-,46-,47+,48+,52-,53-,54-,59-/m0/s1.